The summed E-state index contributed by atoms with van der Waals surface area (Å²) in [5, 5.41) is 14.5. The van der Waals surface area contributed by atoms with Crippen molar-refractivity contribution < 1.29 is 24.2 Å². The molecule has 0 bridgehead atoms. The fraction of sp³-hybridized carbons (Fsp3) is 0.240. The average Bonchev–Trinajstić information content (AvgIpc) is 3.18. The van der Waals surface area contributed by atoms with Gasteiger partial charge >= 0.3 is 12.1 Å². The van der Waals surface area contributed by atoms with E-state index in [2.05, 4.69) is 20.6 Å². The third kappa shape index (κ3) is 5.37. The number of aliphatic carboxylic acids is 1. The van der Waals surface area contributed by atoms with Crippen LogP contribution in [0.1, 0.15) is 35.4 Å². The Bertz CT molecular complexity index is 1140. The first kappa shape index (κ1) is 22.9. The van der Waals surface area contributed by atoms with Crippen molar-refractivity contribution in [2.75, 3.05) is 6.61 Å². The molecule has 2 amide bonds. The van der Waals surface area contributed by atoms with Crippen LogP contribution in [0.2, 0.25) is 0 Å². The molecule has 1 aliphatic rings. The van der Waals surface area contributed by atoms with Crippen molar-refractivity contribution in [1.29, 1.82) is 0 Å². The molecular weight excluding hydrogens is 436 g/mol. The summed E-state index contributed by atoms with van der Waals surface area (Å²) < 4.78 is 5.40. The van der Waals surface area contributed by atoms with Crippen LogP contribution in [0.25, 0.3) is 11.1 Å². The monoisotopic (exact) mass is 460 g/mol. The minimum absolute atomic E-state index is 0.0728. The van der Waals surface area contributed by atoms with Crippen molar-refractivity contribution in [1.82, 2.24) is 20.6 Å². The molecule has 0 fully saturated rings. The number of benzene rings is 2. The lowest BCUT2D eigenvalue weighted by Gasteiger charge is -2.17. The molecule has 9 nitrogen and oxygen atoms in total. The van der Waals surface area contributed by atoms with Gasteiger partial charge in [-0.05, 0) is 28.7 Å². The second-order valence-electron chi connectivity index (χ2n) is 7.92. The molecule has 3 aromatic rings. The quantitative estimate of drug-likeness (QED) is 0.448. The first-order chi connectivity index (χ1) is 16.5. The standard InChI is InChI=1S/C25H24N4O5/c30-23(28-13-16-11-26-15-27-12-16)10-9-22(24(31)32)29-25(33)34-14-21-19-7-3-1-5-17(19)18-6-2-4-8-20(18)21/h1-8,11-12,15,21-22H,9-10,13-14H2,(H,28,30)(H,29,33)(H,31,32). The van der Waals surface area contributed by atoms with Crippen LogP contribution in [-0.4, -0.2) is 45.7 Å². The number of aromatic nitrogens is 2. The molecule has 0 spiro atoms. The highest BCUT2D eigenvalue weighted by Gasteiger charge is 2.29. The van der Waals surface area contributed by atoms with Gasteiger partial charge in [0.25, 0.3) is 0 Å². The Morgan fingerprint density at radius 2 is 1.59 bits per heavy atom. The van der Waals surface area contributed by atoms with E-state index in [1.165, 1.54) is 6.33 Å². The Morgan fingerprint density at radius 3 is 2.21 bits per heavy atom. The van der Waals surface area contributed by atoms with E-state index in [0.29, 0.717) is 0 Å². The average molecular weight is 460 g/mol. The molecule has 9 heteroatoms. The predicted octanol–water partition coefficient (Wildman–Crippen LogP) is 2.86. The van der Waals surface area contributed by atoms with Crippen LogP contribution in [0.3, 0.4) is 0 Å². The second kappa shape index (κ2) is 10.6. The van der Waals surface area contributed by atoms with E-state index in [1.807, 2.05) is 48.5 Å². The number of carboxylic acids is 1. The van der Waals surface area contributed by atoms with Crippen LogP contribution in [0.4, 0.5) is 4.79 Å². The molecule has 1 aliphatic carbocycles. The summed E-state index contributed by atoms with van der Waals surface area (Å²) >= 11 is 0. The first-order valence-corrected chi connectivity index (χ1v) is 10.9. The Hall–Kier alpha value is -4.27. The minimum atomic E-state index is -1.25. The summed E-state index contributed by atoms with van der Waals surface area (Å²) in [4.78, 5) is 43.8. The van der Waals surface area contributed by atoms with Crippen molar-refractivity contribution in [2.24, 2.45) is 0 Å². The fourth-order valence-corrected chi connectivity index (χ4v) is 4.03. The minimum Gasteiger partial charge on any atom is -0.480 e. The molecule has 1 heterocycles. The van der Waals surface area contributed by atoms with E-state index in [9.17, 15) is 19.5 Å². The highest BCUT2D eigenvalue weighted by atomic mass is 16.5. The number of carbonyl (C=O) groups excluding carboxylic acids is 2. The number of carbonyl (C=O) groups is 3. The lowest BCUT2D eigenvalue weighted by molar-refractivity contribution is -0.139. The SMILES string of the molecule is O=C(CCC(NC(=O)OCC1c2ccccc2-c2ccccc21)C(=O)O)NCc1cncnc1. The second-order valence-corrected chi connectivity index (χ2v) is 7.92. The Balaban J connectivity index is 1.29. The molecule has 0 aliphatic heterocycles. The maximum Gasteiger partial charge on any atom is 0.407 e. The van der Waals surface area contributed by atoms with Gasteiger partial charge in [0, 0.05) is 36.8 Å². The van der Waals surface area contributed by atoms with Gasteiger partial charge < -0.3 is 20.5 Å². The van der Waals surface area contributed by atoms with Gasteiger partial charge in [-0.3, -0.25) is 4.79 Å². The summed E-state index contributed by atoms with van der Waals surface area (Å²) in [5.41, 5.74) is 5.05. The van der Waals surface area contributed by atoms with E-state index in [4.69, 9.17) is 4.74 Å². The molecule has 0 saturated carbocycles. The number of rotatable bonds is 9. The number of hydrogen-bond acceptors (Lipinski definition) is 6. The number of alkyl carbamates (subject to hydrolysis) is 1. The molecule has 3 N–H and O–H groups in total. The van der Waals surface area contributed by atoms with Gasteiger partial charge in [-0.2, -0.15) is 0 Å². The predicted molar refractivity (Wildman–Crippen MR) is 123 cm³/mol. The number of nitrogens with zero attached hydrogens (tertiary/aromatic N) is 2. The molecular formula is C25H24N4O5. The van der Waals surface area contributed by atoms with Crippen LogP contribution in [0, 0.1) is 0 Å². The number of hydrogen-bond donors (Lipinski definition) is 3. The highest BCUT2D eigenvalue weighted by Crippen LogP contribution is 2.44. The van der Waals surface area contributed by atoms with Crippen LogP contribution in [0.15, 0.2) is 67.3 Å². The third-order valence-electron chi connectivity index (χ3n) is 5.70. The summed E-state index contributed by atoms with van der Waals surface area (Å²) in [7, 11) is 0. The Morgan fingerprint density at radius 1 is 0.971 bits per heavy atom. The highest BCUT2D eigenvalue weighted by molar-refractivity contribution is 5.82. The molecule has 0 radical (unpaired) electrons. The zero-order valence-electron chi connectivity index (χ0n) is 18.3. The summed E-state index contributed by atoms with van der Waals surface area (Å²) in [6.45, 7) is 0.309. The van der Waals surface area contributed by atoms with E-state index in [1.54, 1.807) is 12.4 Å². The zero-order chi connectivity index (χ0) is 23.9. The number of amides is 2. The Kier molecular flexibility index (Phi) is 7.12. The zero-order valence-corrected chi connectivity index (χ0v) is 18.3. The lowest BCUT2D eigenvalue weighted by atomic mass is 9.98. The smallest absolute Gasteiger partial charge is 0.407 e. The van der Waals surface area contributed by atoms with Crippen molar-refractivity contribution >= 4 is 18.0 Å². The van der Waals surface area contributed by atoms with E-state index in [0.717, 1.165) is 27.8 Å². The van der Waals surface area contributed by atoms with Gasteiger partial charge in [0.05, 0.1) is 0 Å². The van der Waals surface area contributed by atoms with Gasteiger partial charge in [0.15, 0.2) is 0 Å². The Labute approximate surface area is 196 Å². The molecule has 1 atom stereocenters. The van der Waals surface area contributed by atoms with Gasteiger partial charge in [0.2, 0.25) is 5.91 Å². The maximum atomic E-state index is 12.4. The van der Waals surface area contributed by atoms with Crippen LogP contribution < -0.4 is 10.6 Å². The summed E-state index contributed by atoms with van der Waals surface area (Å²) in [6.07, 6.45) is 3.55. The largest absolute Gasteiger partial charge is 0.480 e. The van der Waals surface area contributed by atoms with Crippen molar-refractivity contribution in [3.63, 3.8) is 0 Å². The fourth-order valence-electron chi connectivity index (χ4n) is 4.03. The number of fused-ring (bicyclic) bond motifs is 3. The molecule has 0 saturated heterocycles. The third-order valence-corrected chi connectivity index (χ3v) is 5.70. The molecule has 34 heavy (non-hydrogen) atoms. The van der Waals surface area contributed by atoms with Crippen molar-refractivity contribution in [2.45, 2.75) is 31.3 Å². The molecule has 174 valence electrons. The molecule has 1 aromatic heterocycles. The number of ether oxygens (including phenoxy) is 1. The first-order valence-electron chi connectivity index (χ1n) is 10.9. The van der Waals surface area contributed by atoms with E-state index >= 15 is 0 Å². The van der Waals surface area contributed by atoms with Gasteiger partial charge in [-0.15, -0.1) is 0 Å². The van der Waals surface area contributed by atoms with Crippen LogP contribution >= 0.6 is 0 Å². The van der Waals surface area contributed by atoms with Gasteiger partial charge in [0.1, 0.15) is 19.0 Å². The van der Waals surface area contributed by atoms with Crippen molar-refractivity contribution in [3.8, 4) is 11.1 Å². The number of carboxylic acid groups (broad SMARTS) is 1. The van der Waals surface area contributed by atoms with Crippen molar-refractivity contribution in [3.05, 3.63) is 83.9 Å². The maximum absolute atomic E-state index is 12.4. The van der Waals surface area contributed by atoms with E-state index in [-0.39, 0.29) is 37.8 Å². The molecule has 4 rings (SSSR count). The molecule has 1 unspecified atom stereocenters. The van der Waals surface area contributed by atoms with Gasteiger partial charge in [-0.25, -0.2) is 19.6 Å². The lowest BCUT2D eigenvalue weighted by Crippen LogP contribution is -2.42. The molecule has 2 aromatic carbocycles. The number of nitrogens with one attached hydrogen (secondary N) is 2. The van der Waals surface area contributed by atoms with Gasteiger partial charge in [-0.1, -0.05) is 48.5 Å². The van der Waals surface area contributed by atoms with Crippen LogP contribution in [0.5, 0.6) is 0 Å². The normalized spacial score (nSPS) is 12.8. The topological polar surface area (TPSA) is 131 Å². The van der Waals surface area contributed by atoms with E-state index < -0.39 is 18.1 Å². The summed E-state index contributed by atoms with van der Waals surface area (Å²) in [6, 6.07) is 14.6. The summed E-state index contributed by atoms with van der Waals surface area (Å²) in [5.74, 6) is -1.71. The van der Waals surface area contributed by atoms with Crippen LogP contribution in [-0.2, 0) is 20.9 Å².